The van der Waals surface area contributed by atoms with Gasteiger partial charge in [0.15, 0.2) is 0 Å². The highest BCUT2D eigenvalue weighted by atomic mass is 19.1. The second kappa shape index (κ2) is 10.9. The minimum absolute atomic E-state index is 0.0441. The first-order valence-corrected chi connectivity index (χ1v) is 13.8. The Morgan fingerprint density at radius 2 is 1.93 bits per heavy atom. The van der Waals surface area contributed by atoms with Crippen molar-refractivity contribution in [2.24, 2.45) is 7.05 Å². The molecule has 1 aliphatic heterocycles. The van der Waals surface area contributed by atoms with Gasteiger partial charge in [-0.25, -0.2) is 4.39 Å². The van der Waals surface area contributed by atoms with Gasteiger partial charge in [0.1, 0.15) is 35.8 Å². The maximum Gasteiger partial charge on any atom is 0.306 e. The van der Waals surface area contributed by atoms with Gasteiger partial charge in [0.05, 0.1) is 26.3 Å². The number of esters is 1. The molecule has 1 aliphatic carbocycles. The molecule has 0 radical (unpaired) electrons. The van der Waals surface area contributed by atoms with Crippen LogP contribution in [0.1, 0.15) is 58.2 Å². The number of ether oxygens (including phenoxy) is 4. The molecule has 4 aromatic rings. The van der Waals surface area contributed by atoms with E-state index in [1.165, 1.54) is 7.11 Å². The van der Waals surface area contributed by atoms with Crippen molar-refractivity contribution < 1.29 is 28.1 Å². The van der Waals surface area contributed by atoms with Crippen LogP contribution in [0.2, 0.25) is 0 Å². The molecule has 1 unspecified atom stereocenters. The van der Waals surface area contributed by atoms with E-state index in [0.29, 0.717) is 43.1 Å². The number of benzene rings is 3. The van der Waals surface area contributed by atoms with E-state index in [0.717, 1.165) is 44.7 Å². The monoisotopic (exact) mass is 556 g/mol. The van der Waals surface area contributed by atoms with Crippen LogP contribution < -0.4 is 14.2 Å². The van der Waals surface area contributed by atoms with Gasteiger partial charge in [0.2, 0.25) is 0 Å². The molecule has 2 atom stereocenters. The smallest absolute Gasteiger partial charge is 0.306 e. The molecular weight excluding hydrogens is 523 g/mol. The number of hydrogen-bond donors (Lipinski definition) is 0. The van der Waals surface area contributed by atoms with Gasteiger partial charge in [-0.1, -0.05) is 12.1 Å². The van der Waals surface area contributed by atoms with Crippen LogP contribution in [-0.2, 0) is 29.6 Å². The molecule has 0 saturated carbocycles. The van der Waals surface area contributed by atoms with Gasteiger partial charge in [-0.05, 0) is 78.8 Å². The molecular formula is C33H33FN2O5. The number of carbonyl (C=O) groups is 1. The molecule has 212 valence electrons. The normalized spacial score (nSPS) is 17.1. The van der Waals surface area contributed by atoms with Crippen molar-refractivity contribution in [1.82, 2.24) is 9.78 Å². The number of aryl methyl sites for hydroxylation is 3. The zero-order valence-electron chi connectivity index (χ0n) is 23.7. The minimum atomic E-state index is -0.405. The lowest BCUT2D eigenvalue weighted by atomic mass is 9.90. The van der Waals surface area contributed by atoms with E-state index in [1.807, 2.05) is 49.6 Å². The summed E-state index contributed by atoms with van der Waals surface area (Å²) >= 11 is 0. The highest BCUT2D eigenvalue weighted by molar-refractivity contribution is 5.76. The number of aromatic nitrogens is 2. The number of methoxy groups -OCH3 is 1. The molecule has 7 nitrogen and oxygen atoms in total. The van der Waals surface area contributed by atoms with E-state index in [4.69, 9.17) is 18.9 Å². The molecule has 8 heteroatoms. The van der Waals surface area contributed by atoms with Crippen LogP contribution in [0.4, 0.5) is 4.39 Å². The van der Waals surface area contributed by atoms with Crippen LogP contribution in [0.25, 0.3) is 11.1 Å². The Morgan fingerprint density at radius 3 is 2.66 bits per heavy atom. The first-order chi connectivity index (χ1) is 19.8. The highest BCUT2D eigenvalue weighted by Gasteiger charge is 2.32. The fourth-order valence-electron chi connectivity index (χ4n) is 6.12. The molecule has 2 heterocycles. The van der Waals surface area contributed by atoms with Gasteiger partial charge >= 0.3 is 5.97 Å². The zero-order valence-corrected chi connectivity index (χ0v) is 23.7. The van der Waals surface area contributed by atoms with Crippen LogP contribution in [0, 0.1) is 19.7 Å². The molecule has 41 heavy (non-hydrogen) atoms. The third-order valence-corrected chi connectivity index (χ3v) is 8.01. The Bertz CT molecular complexity index is 1610. The number of carbonyl (C=O) groups excluding carboxylic acids is 1. The van der Waals surface area contributed by atoms with Crippen LogP contribution in [-0.4, -0.2) is 29.5 Å². The lowest BCUT2D eigenvalue weighted by molar-refractivity contribution is -0.141. The molecule has 0 fully saturated rings. The summed E-state index contributed by atoms with van der Waals surface area (Å²) in [6, 6.07) is 13.1. The average Bonchev–Trinajstić information content (AvgIpc) is 3.67. The topological polar surface area (TPSA) is 71.8 Å². The Labute approximate surface area is 238 Å². The first-order valence-electron chi connectivity index (χ1n) is 13.8. The summed E-state index contributed by atoms with van der Waals surface area (Å²) in [5.74, 6) is 1.54. The summed E-state index contributed by atoms with van der Waals surface area (Å²) in [5.41, 5.74) is 7.83. The number of fused-ring (bicyclic) bond motifs is 2. The SMILES string of the molecule is COC(=O)C[C@@H]1COc2cc(OC3CCc4c(-c5c(C)cc(OCc6cnn(C)c6)cc5C)ccc(F)c43)ccc21. The summed E-state index contributed by atoms with van der Waals surface area (Å²) in [7, 11) is 3.27. The van der Waals surface area contributed by atoms with Crippen molar-refractivity contribution in [2.45, 2.75) is 51.7 Å². The van der Waals surface area contributed by atoms with Gasteiger partial charge in [-0.3, -0.25) is 9.48 Å². The van der Waals surface area contributed by atoms with Crippen LogP contribution in [0.3, 0.4) is 0 Å². The molecule has 2 aliphatic rings. The molecule has 0 N–H and O–H groups in total. The molecule has 3 aromatic carbocycles. The molecule has 0 bridgehead atoms. The average molecular weight is 557 g/mol. The summed E-state index contributed by atoms with van der Waals surface area (Å²) in [4.78, 5) is 11.7. The van der Waals surface area contributed by atoms with E-state index in [9.17, 15) is 4.79 Å². The number of halogens is 1. The largest absolute Gasteiger partial charge is 0.492 e. The van der Waals surface area contributed by atoms with E-state index < -0.39 is 6.10 Å². The zero-order chi connectivity index (χ0) is 28.7. The standard InChI is InChI=1S/C33H33FN2O5/c1-19-11-24(39-17-21-15-35-36(3)16-21)12-20(2)32(19)26-7-9-28(34)33-27(26)8-10-29(33)41-23-5-6-25-22(13-31(37)38-4)18-40-30(25)14-23/h5-7,9,11-12,14-16,22,29H,8,10,13,17-18H2,1-4H3/t22-,29?/m1/s1. The summed E-state index contributed by atoms with van der Waals surface area (Å²) in [6.45, 7) is 4.99. The van der Waals surface area contributed by atoms with Crippen LogP contribution in [0.5, 0.6) is 17.2 Å². The van der Waals surface area contributed by atoms with E-state index in [-0.39, 0.29) is 24.1 Å². The second-order valence-electron chi connectivity index (χ2n) is 10.9. The third-order valence-electron chi connectivity index (χ3n) is 8.01. The highest BCUT2D eigenvalue weighted by Crippen LogP contribution is 2.45. The van der Waals surface area contributed by atoms with Crippen LogP contribution >= 0.6 is 0 Å². The quantitative estimate of drug-likeness (QED) is 0.230. The molecule has 0 amide bonds. The summed E-state index contributed by atoms with van der Waals surface area (Å²) < 4.78 is 40.1. The van der Waals surface area contributed by atoms with Gasteiger partial charge in [0.25, 0.3) is 0 Å². The molecule has 1 aromatic heterocycles. The minimum Gasteiger partial charge on any atom is -0.492 e. The predicted octanol–water partition coefficient (Wildman–Crippen LogP) is 6.53. The van der Waals surface area contributed by atoms with Gasteiger partial charge in [-0.15, -0.1) is 0 Å². The molecule has 0 saturated heterocycles. The number of nitrogens with zero attached hydrogens (tertiary/aromatic N) is 2. The van der Waals surface area contributed by atoms with Gasteiger partial charge in [0, 0.05) is 41.9 Å². The van der Waals surface area contributed by atoms with Crippen molar-refractivity contribution in [3.8, 4) is 28.4 Å². The van der Waals surface area contributed by atoms with Crippen molar-refractivity contribution in [3.63, 3.8) is 0 Å². The maximum atomic E-state index is 15.3. The Kier molecular flexibility index (Phi) is 7.15. The maximum absolute atomic E-state index is 15.3. The van der Waals surface area contributed by atoms with Crippen molar-refractivity contribution >= 4 is 5.97 Å². The fraction of sp³-hybridized carbons (Fsp3) is 0.333. The fourth-order valence-corrected chi connectivity index (χ4v) is 6.12. The van der Waals surface area contributed by atoms with Crippen molar-refractivity contribution in [1.29, 1.82) is 0 Å². The first kappa shape index (κ1) is 26.9. The number of rotatable bonds is 8. The predicted molar refractivity (Wildman–Crippen MR) is 152 cm³/mol. The lowest BCUT2D eigenvalue weighted by Gasteiger charge is -2.19. The Hall–Kier alpha value is -4.33. The van der Waals surface area contributed by atoms with Crippen molar-refractivity contribution in [3.05, 3.63) is 94.1 Å². The second-order valence-corrected chi connectivity index (χ2v) is 10.9. The van der Waals surface area contributed by atoms with Crippen LogP contribution in [0.15, 0.2) is 54.9 Å². The Morgan fingerprint density at radius 1 is 1.12 bits per heavy atom. The van der Waals surface area contributed by atoms with E-state index in [2.05, 4.69) is 18.9 Å². The van der Waals surface area contributed by atoms with Gasteiger partial charge in [-0.2, -0.15) is 5.10 Å². The summed E-state index contributed by atoms with van der Waals surface area (Å²) in [5, 5.41) is 4.20. The lowest BCUT2D eigenvalue weighted by Crippen LogP contribution is -2.09. The van der Waals surface area contributed by atoms with Gasteiger partial charge < -0.3 is 18.9 Å². The molecule has 0 spiro atoms. The Balaban J connectivity index is 1.23. The third kappa shape index (κ3) is 5.26. The molecule has 6 rings (SSSR count). The van der Waals surface area contributed by atoms with E-state index >= 15 is 4.39 Å². The van der Waals surface area contributed by atoms with E-state index in [1.54, 1.807) is 16.9 Å². The number of hydrogen-bond acceptors (Lipinski definition) is 6. The van der Waals surface area contributed by atoms with Crippen molar-refractivity contribution in [2.75, 3.05) is 13.7 Å². The summed E-state index contributed by atoms with van der Waals surface area (Å²) in [6.07, 6.45) is 4.99.